The van der Waals surface area contributed by atoms with Gasteiger partial charge in [0.1, 0.15) is 0 Å². The fourth-order valence-electron chi connectivity index (χ4n) is 3.37. The summed E-state index contributed by atoms with van der Waals surface area (Å²) in [6, 6.07) is 8.97. The molecule has 0 spiro atoms. The maximum Gasteiger partial charge on any atom is 0.275 e. The topological polar surface area (TPSA) is 61.0 Å². The fourth-order valence-corrected chi connectivity index (χ4v) is 3.37. The Hall–Kier alpha value is -2.14. The van der Waals surface area contributed by atoms with Crippen molar-refractivity contribution >= 4 is 5.91 Å². The maximum absolute atomic E-state index is 13.1. The Morgan fingerprint density at radius 2 is 2.00 bits per heavy atom. The molecule has 0 saturated heterocycles. The zero-order chi connectivity index (χ0) is 16.5. The Morgan fingerprint density at radius 1 is 1.25 bits per heavy atom. The second-order valence-corrected chi connectivity index (χ2v) is 6.79. The standard InChI is InChI=1S/C19H24N4O/c1-2-13-3-5-14(6-4-13)12-23(15-7-8-15)19(24)18-16-11-20-10-9-17(16)21-22-18/h3-6,15,20H,2,7-12H2,1H3,(H,21,22). The van der Waals surface area contributed by atoms with Gasteiger partial charge in [0.05, 0.1) is 0 Å². The first-order chi connectivity index (χ1) is 11.8. The first-order valence-corrected chi connectivity index (χ1v) is 8.92. The number of amides is 1. The molecule has 0 radical (unpaired) electrons. The summed E-state index contributed by atoms with van der Waals surface area (Å²) in [5.41, 5.74) is 5.29. The number of hydrogen-bond acceptors (Lipinski definition) is 3. The monoisotopic (exact) mass is 324 g/mol. The molecule has 1 amide bonds. The second kappa shape index (κ2) is 6.40. The van der Waals surface area contributed by atoms with Gasteiger partial charge >= 0.3 is 0 Å². The lowest BCUT2D eigenvalue weighted by Crippen LogP contribution is -2.34. The van der Waals surface area contributed by atoms with Crippen LogP contribution in [0.2, 0.25) is 0 Å². The van der Waals surface area contributed by atoms with Gasteiger partial charge in [-0.15, -0.1) is 0 Å². The molecule has 2 N–H and O–H groups in total. The van der Waals surface area contributed by atoms with Crippen LogP contribution in [-0.4, -0.2) is 33.6 Å². The molecule has 2 aromatic rings. The van der Waals surface area contributed by atoms with Crippen LogP contribution >= 0.6 is 0 Å². The van der Waals surface area contributed by atoms with Crippen molar-refractivity contribution in [3.05, 3.63) is 52.3 Å². The lowest BCUT2D eigenvalue weighted by Gasteiger charge is -2.23. The minimum atomic E-state index is 0.0678. The number of aryl methyl sites for hydroxylation is 1. The zero-order valence-electron chi connectivity index (χ0n) is 14.1. The molecule has 0 unspecified atom stereocenters. The summed E-state index contributed by atoms with van der Waals surface area (Å²) in [7, 11) is 0. The molecular weight excluding hydrogens is 300 g/mol. The predicted octanol–water partition coefficient (Wildman–Crippen LogP) is 2.42. The molecular formula is C19H24N4O. The molecule has 1 fully saturated rings. The van der Waals surface area contributed by atoms with E-state index in [-0.39, 0.29) is 5.91 Å². The number of carbonyl (C=O) groups excluding carboxylic acids is 1. The molecule has 4 rings (SSSR count). The van der Waals surface area contributed by atoms with E-state index in [1.165, 1.54) is 11.1 Å². The maximum atomic E-state index is 13.1. The first-order valence-electron chi connectivity index (χ1n) is 8.92. The molecule has 0 bridgehead atoms. The normalized spacial score (nSPS) is 16.7. The molecule has 1 saturated carbocycles. The van der Waals surface area contributed by atoms with E-state index in [4.69, 9.17) is 0 Å². The van der Waals surface area contributed by atoms with Gasteiger partial charge in [0.15, 0.2) is 5.69 Å². The quantitative estimate of drug-likeness (QED) is 0.888. The van der Waals surface area contributed by atoms with Crippen molar-refractivity contribution in [2.45, 2.75) is 51.7 Å². The van der Waals surface area contributed by atoms with Crippen molar-refractivity contribution in [3.8, 4) is 0 Å². The van der Waals surface area contributed by atoms with Crippen LogP contribution in [0.1, 0.15) is 52.6 Å². The van der Waals surface area contributed by atoms with Crippen LogP contribution in [0.5, 0.6) is 0 Å². The molecule has 126 valence electrons. The van der Waals surface area contributed by atoms with Gasteiger partial charge in [0.25, 0.3) is 5.91 Å². The van der Waals surface area contributed by atoms with Crippen molar-refractivity contribution in [2.24, 2.45) is 0 Å². The molecule has 1 aromatic carbocycles. The van der Waals surface area contributed by atoms with E-state index in [0.717, 1.165) is 50.0 Å². The van der Waals surface area contributed by atoms with E-state index < -0.39 is 0 Å². The highest BCUT2D eigenvalue weighted by atomic mass is 16.2. The number of benzene rings is 1. The van der Waals surface area contributed by atoms with E-state index in [1.54, 1.807) is 0 Å². The predicted molar refractivity (Wildman–Crippen MR) is 92.7 cm³/mol. The van der Waals surface area contributed by atoms with Crippen LogP contribution in [0.4, 0.5) is 0 Å². The number of hydrogen-bond donors (Lipinski definition) is 2. The average Bonchev–Trinajstić information content (AvgIpc) is 3.38. The highest BCUT2D eigenvalue weighted by Crippen LogP contribution is 2.30. The third kappa shape index (κ3) is 2.96. The summed E-state index contributed by atoms with van der Waals surface area (Å²) >= 11 is 0. The minimum absolute atomic E-state index is 0.0678. The van der Waals surface area contributed by atoms with Gasteiger partial charge in [0, 0.05) is 43.4 Å². The highest BCUT2D eigenvalue weighted by Gasteiger charge is 2.35. The smallest absolute Gasteiger partial charge is 0.275 e. The number of fused-ring (bicyclic) bond motifs is 1. The summed E-state index contributed by atoms with van der Waals surface area (Å²) < 4.78 is 0. The number of nitrogens with one attached hydrogen (secondary N) is 2. The largest absolute Gasteiger partial charge is 0.330 e. The molecule has 2 heterocycles. The van der Waals surface area contributed by atoms with Crippen LogP contribution < -0.4 is 5.32 Å². The van der Waals surface area contributed by atoms with Gasteiger partial charge in [-0.25, -0.2) is 0 Å². The van der Waals surface area contributed by atoms with Crippen LogP contribution in [0.15, 0.2) is 24.3 Å². The molecule has 2 aliphatic rings. The number of rotatable bonds is 5. The average molecular weight is 324 g/mol. The van der Waals surface area contributed by atoms with Gasteiger partial charge < -0.3 is 10.2 Å². The Balaban J connectivity index is 1.56. The van der Waals surface area contributed by atoms with E-state index in [1.807, 2.05) is 4.90 Å². The Kier molecular flexibility index (Phi) is 4.10. The number of carbonyl (C=O) groups is 1. The van der Waals surface area contributed by atoms with E-state index in [0.29, 0.717) is 18.3 Å². The SMILES string of the molecule is CCc1ccc(CN(C(=O)c2n[nH]c3c2CNCC3)C2CC2)cc1. The third-order valence-electron chi connectivity index (χ3n) is 5.04. The lowest BCUT2D eigenvalue weighted by molar-refractivity contribution is 0.0722. The number of H-pyrrole nitrogens is 1. The van der Waals surface area contributed by atoms with Gasteiger partial charge in [-0.3, -0.25) is 9.89 Å². The van der Waals surface area contributed by atoms with E-state index in [2.05, 4.69) is 46.7 Å². The summed E-state index contributed by atoms with van der Waals surface area (Å²) in [4.78, 5) is 15.1. The van der Waals surface area contributed by atoms with E-state index >= 15 is 0 Å². The summed E-state index contributed by atoms with van der Waals surface area (Å²) in [5.74, 6) is 0.0678. The van der Waals surface area contributed by atoms with Crippen LogP contribution in [0.3, 0.4) is 0 Å². The summed E-state index contributed by atoms with van der Waals surface area (Å²) in [6.45, 7) is 4.50. The molecule has 0 atom stereocenters. The van der Waals surface area contributed by atoms with Crippen LogP contribution in [0, 0.1) is 0 Å². The summed E-state index contributed by atoms with van der Waals surface area (Å²) in [5, 5.41) is 10.7. The Bertz CT molecular complexity index is 730. The van der Waals surface area contributed by atoms with Gasteiger partial charge in [0.2, 0.25) is 0 Å². The second-order valence-electron chi connectivity index (χ2n) is 6.79. The van der Waals surface area contributed by atoms with Crippen molar-refractivity contribution in [1.29, 1.82) is 0 Å². The van der Waals surface area contributed by atoms with Crippen molar-refractivity contribution in [3.63, 3.8) is 0 Å². The first kappa shape index (κ1) is 15.4. The molecule has 5 heteroatoms. The highest BCUT2D eigenvalue weighted by molar-refractivity contribution is 5.94. The Morgan fingerprint density at radius 3 is 2.71 bits per heavy atom. The Labute approximate surface area is 142 Å². The fraction of sp³-hybridized carbons (Fsp3) is 0.474. The van der Waals surface area contributed by atoms with Crippen molar-refractivity contribution < 1.29 is 4.79 Å². The number of nitrogens with zero attached hydrogens (tertiary/aromatic N) is 2. The minimum Gasteiger partial charge on any atom is -0.330 e. The molecule has 24 heavy (non-hydrogen) atoms. The van der Waals surface area contributed by atoms with Gasteiger partial charge in [-0.1, -0.05) is 31.2 Å². The zero-order valence-corrected chi connectivity index (χ0v) is 14.1. The van der Waals surface area contributed by atoms with Gasteiger partial charge in [-0.2, -0.15) is 5.10 Å². The van der Waals surface area contributed by atoms with E-state index in [9.17, 15) is 4.79 Å². The number of aromatic amines is 1. The molecule has 1 aliphatic carbocycles. The molecule has 5 nitrogen and oxygen atoms in total. The van der Waals surface area contributed by atoms with Crippen LogP contribution in [-0.2, 0) is 25.9 Å². The van der Waals surface area contributed by atoms with Crippen LogP contribution in [0.25, 0.3) is 0 Å². The lowest BCUT2D eigenvalue weighted by atomic mass is 10.1. The number of aromatic nitrogens is 2. The van der Waals surface area contributed by atoms with Gasteiger partial charge in [-0.05, 0) is 30.4 Å². The van der Waals surface area contributed by atoms with Crippen molar-refractivity contribution in [1.82, 2.24) is 20.4 Å². The third-order valence-corrected chi connectivity index (χ3v) is 5.04. The molecule has 1 aliphatic heterocycles. The molecule has 1 aromatic heterocycles. The summed E-state index contributed by atoms with van der Waals surface area (Å²) in [6.07, 6.45) is 4.16. The van der Waals surface area contributed by atoms with Crippen molar-refractivity contribution in [2.75, 3.05) is 6.54 Å².